The Hall–Kier alpha value is -2.96. The standard InChI is InChI=1S/C18H17F6N3O4/c19-17(20,21)10-30-13-3-1-12(2-4-13)27-15(28)9-14(26-5-7-29-8-6-26)25-16(27)31-11-18(22,23)24/h1-4,9H,5-8,10-11H2. The van der Waals surface area contributed by atoms with E-state index in [2.05, 4.69) is 9.72 Å². The highest BCUT2D eigenvalue weighted by Crippen LogP contribution is 2.24. The fraction of sp³-hybridized carbons (Fsp3) is 0.444. The molecule has 0 aliphatic carbocycles. The number of hydrogen-bond acceptors (Lipinski definition) is 6. The van der Waals surface area contributed by atoms with E-state index in [1.54, 1.807) is 4.90 Å². The second kappa shape index (κ2) is 9.04. The van der Waals surface area contributed by atoms with Crippen molar-refractivity contribution in [3.63, 3.8) is 0 Å². The Morgan fingerprint density at radius 3 is 2.10 bits per heavy atom. The second-order valence-corrected chi connectivity index (χ2v) is 6.47. The first-order chi connectivity index (χ1) is 14.5. The van der Waals surface area contributed by atoms with Crippen LogP contribution in [0.2, 0.25) is 0 Å². The predicted molar refractivity (Wildman–Crippen MR) is 96.0 cm³/mol. The third kappa shape index (κ3) is 6.51. The molecule has 0 atom stereocenters. The van der Waals surface area contributed by atoms with Gasteiger partial charge in [-0.25, -0.2) is 4.57 Å². The molecule has 1 aliphatic heterocycles. The molecule has 7 nitrogen and oxygen atoms in total. The molecule has 3 rings (SSSR count). The summed E-state index contributed by atoms with van der Waals surface area (Å²) in [5, 5.41) is 0. The highest BCUT2D eigenvalue weighted by Gasteiger charge is 2.30. The Balaban J connectivity index is 1.92. The first-order valence-corrected chi connectivity index (χ1v) is 8.98. The highest BCUT2D eigenvalue weighted by molar-refractivity contribution is 5.44. The van der Waals surface area contributed by atoms with E-state index in [9.17, 15) is 31.1 Å². The van der Waals surface area contributed by atoms with Crippen LogP contribution < -0.4 is 19.9 Å². The van der Waals surface area contributed by atoms with Crippen molar-refractivity contribution in [2.24, 2.45) is 0 Å². The number of nitrogens with zero attached hydrogens (tertiary/aromatic N) is 3. The van der Waals surface area contributed by atoms with Crippen LogP contribution in [0.1, 0.15) is 0 Å². The Kier molecular flexibility index (Phi) is 6.62. The maximum atomic E-state index is 12.7. The molecule has 0 N–H and O–H groups in total. The molecule has 0 saturated carbocycles. The van der Waals surface area contributed by atoms with E-state index in [0.29, 0.717) is 26.3 Å². The SMILES string of the molecule is O=c1cc(N2CCOCC2)nc(OCC(F)(F)F)n1-c1ccc(OCC(F)(F)F)cc1. The van der Waals surface area contributed by atoms with Crippen LogP contribution in [0.25, 0.3) is 5.69 Å². The van der Waals surface area contributed by atoms with Crippen molar-refractivity contribution in [3.8, 4) is 17.4 Å². The Bertz CT molecular complexity index is 937. The lowest BCUT2D eigenvalue weighted by molar-refractivity contribution is -0.155. The summed E-state index contributed by atoms with van der Waals surface area (Å²) in [5.74, 6) is -0.00312. The largest absolute Gasteiger partial charge is 0.484 e. The van der Waals surface area contributed by atoms with E-state index in [0.717, 1.165) is 22.8 Å². The zero-order valence-electron chi connectivity index (χ0n) is 15.9. The van der Waals surface area contributed by atoms with Crippen molar-refractivity contribution in [1.82, 2.24) is 9.55 Å². The fourth-order valence-corrected chi connectivity index (χ4v) is 2.74. The Morgan fingerprint density at radius 1 is 0.935 bits per heavy atom. The molecule has 1 fully saturated rings. The molecule has 1 aromatic heterocycles. The molecule has 0 spiro atoms. The van der Waals surface area contributed by atoms with E-state index >= 15 is 0 Å². The first-order valence-electron chi connectivity index (χ1n) is 8.98. The predicted octanol–water partition coefficient (Wildman–Crippen LogP) is 2.95. The zero-order chi connectivity index (χ0) is 22.6. The van der Waals surface area contributed by atoms with Gasteiger partial charge >= 0.3 is 18.4 Å². The lowest BCUT2D eigenvalue weighted by Crippen LogP contribution is -2.38. The normalized spacial score (nSPS) is 15.1. The van der Waals surface area contributed by atoms with Gasteiger partial charge in [0.2, 0.25) is 0 Å². The van der Waals surface area contributed by atoms with Gasteiger partial charge in [0, 0.05) is 19.2 Å². The number of ether oxygens (including phenoxy) is 3. The maximum Gasteiger partial charge on any atom is 0.422 e. The number of rotatable bonds is 6. The van der Waals surface area contributed by atoms with Crippen LogP contribution in [0.5, 0.6) is 11.8 Å². The Labute approximate surface area is 171 Å². The van der Waals surface area contributed by atoms with Crippen molar-refractivity contribution in [2.45, 2.75) is 12.4 Å². The molecule has 0 amide bonds. The summed E-state index contributed by atoms with van der Waals surface area (Å²) in [5.41, 5.74) is -0.680. The molecule has 2 heterocycles. The van der Waals surface area contributed by atoms with Crippen LogP contribution in [0.15, 0.2) is 35.1 Å². The van der Waals surface area contributed by atoms with Crippen LogP contribution in [-0.4, -0.2) is 61.4 Å². The third-order valence-electron chi connectivity index (χ3n) is 4.07. The van der Waals surface area contributed by atoms with Gasteiger partial charge in [-0.05, 0) is 24.3 Å². The monoisotopic (exact) mass is 453 g/mol. The highest BCUT2D eigenvalue weighted by atomic mass is 19.4. The first kappa shape index (κ1) is 22.7. The van der Waals surface area contributed by atoms with E-state index in [4.69, 9.17) is 9.47 Å². The second-order valence-electron chi connectivity index (χ2n) is 6.47. The van der Waals surface area contributed by atoms with Gasteiger partial charge in [0.1, 0.15) is 11.6 Å². The van der Waals surface area contributed by atoms with Crippen LogP contribution in [0.4, 0.5) is 32.2 Å². The number of aromatic nitrogens is 2. The van der Waals surface area contributed by atoms with Crippen molar-refractivity contribution < 1.29 is 40.6 Å². The van der Waals surface area contributed by atoms with Crippen molar-refractivity contribution >= 4 is 5.82 Å². The molecule has 1 aliphatic rings. The van der Waals surface area contributed by atoms with Crippen molar-refractivity contribution in [3.05, 3.63) is 40.7 Å². The molecule has 0 bridgehead atoms. The van der Waals surface area contributed by atoms with E-state index in [1.807, 2.05) is 0 Å². The average Bonchev–Trinajstić information content (AvgIpc) is 2.70. The third-order valence-corrected chi connectivity index (χ3v) is 4.07. The van der Waals surface area contributed by atoms with Gasteiger partial charge < -0.3 is 19.1 Å². The van der Waals surface area contributed by atoms with Gasteiger partial charge in [0.15, 0.2) is 13.2 Å². The van der Waals surface area contributed by atoms with Gasteiger partial charge in [-0.2, -0.15) is 31.3 Å². The van der Waals surface area contributed by atoms with E-state index in [1.165, 1.54) is 12.1 Å². The summed E-state index contributed by atoms with van der Waals surface area (Å²) in [7, 11) is 0. The van der Waals surface area contributed by atoms with E-state index in [-0.39, 0.29) is 17.3 Å². The van der Waals surface area contributed by atoms with Gasteiger partial charge in [-0.15, -0.1) is 0 Å². The fourth-order valence-electron chi connectivity index (χ4n) is 2.74. The van der Waals surface area contributed by atoms with Gasteiger partial charge in [-0.1, -0.05) is 0 Å². The van der Waals surface area contributed by atoms with Crippen molar-refractivity contribution in [2.75, 3.05) is 44.4 Å². The van der Waals surface area contributed by atoms with Gasteiger partial charge in [-0.3, -0.25) is 4.79 Å². The summed E-state index contributed by atoms with van der Waals surface area (Å²) in [6, 6.07) is 5.26. The Morgan fingerprint density at radius 2 is 1.52 bits per heavy atom. The van der Waals surface area contributed by atoms with Crippen LogP contribution in [-0.2, 0) is 4.74 Å². The minimum atomic E-state index is -4.67. The lowest BCUT2D eigenvalue weighted by atomic mass is 10.3. The quantitative estimate of drug-likeness (QED) is 0.627. The average molecular weight is 453 g/mol. The van der Waals surface area contributed by atoms with E-state index < -0.39 is 37.1 Å². The molecule has 31 heavy (non-hydrogen) atoms. The van der Waals surface area contributed by atoms with Gasteiger partial charge in [0.25, 0.3) is 5.56 Å². The molecule has 1 saturated heterocycles. The van der Waals surface area contributed by atoms with Crippen molar-refractivity contribution in [1.29, 1.82) is 0 Å². The summed E-state index contributed by atoms with van der Waals surface area (Å²) in [6.45, 7) is -1.69. The minimum Gasteiger partial charge on any atom is -0.484 e. The molecule has 170 valence electrons. The molecule has 0 unspecified atom stereocenters. The van der Waals surface area contributed by atoms with Crippen LogP contribution in [0, 0.1) is 0 Å². The summed E-state index contributed by atoms with van der Waals surface area (Å²) in [4.78, 5) is 18.4. The molecule has 13 heteroatoms. The topological polar surface area (TPSA) is 65.8 Å². The molecule has 2 aromatic rings. The number of hydrogen-bond donors (Lipinski definition) is 0. The zero-order valence-corrected chi connectivity index (χ0v) is 15.9. The molecular weight excluding hydrogens is 436 g/mol. The molecule has 0 radical (unpaired) electrons. The summed E-state index contributed by atoms with van der Waals surface area (Å²) in [6.07, 6.45) is -9.21. The number of benzene rings is 1. The lowest BCUT2D eigenvalue weighted by Gasteiger charge is -2.28. The molecular formula is C18H17F6N3O4. The number of anilines is 1. The number of morpholine rings is 1. The smallest absolute Gasteiger partial charge is 0.422 e. The minimum absolute atomic E-state index is 0.0440. The van der Waals surface area contributed by atoms with Crippen LogP contribution >= 0.6 is 0 Å². The molecule has 1 aromatic carbocycles. The van der Waals surface area contributed by atoms with Gasteiger partial charge in [0.05, 0.1) is 18.9 Å². The number of alkyl halides is 6. The maximum absolute atomic E-state index is 12.7. The summed E-state index contributed by atoms with van der Waals surface area (Å²) < 4.78 is 90.2. The summed E-state index contributed by atoms with van der Waals surface area (Å²) >= 11 is 0. The number of halogens is 6. The van der Waals surface area contributed by atoms with Crippen LogP contribution in [0.3, 0.4) is 0 Å².